The van der Waals surface area contributed by atoms with Gasteiger partial charge in [0, 0.05) is 12.4 Å². The first-order chi connectivity index (χ1) is 10.7. The van der Waals surface area contributed by atoms with Crippen LogP contribution in [0.5, 0.6) is 0 Å². The first-order valence-electron chi connectivity index (χ1n) is 7.58. The zero-order valence-corrected chi connectivity index (χ0v) is 13.1. The molecule has 0 saturated heterocycles. The molecule has 1 aromatic rings. The molecule has 0 aliphatic heterocycles. The molecule has 0 radical (unpaired) electrons. The van der Waals surface area contributed by atoms with Crippen LogP contribution in [0.15, 0.2) is 37.2 Å². The van der Waals surface area contributed by atoms with Gasteiger partial charge in [-0.2, -0.15) is 0 Å². The van der Waals surface area contributed by atoms with E-state index in [2.05, 4.69) is 16.9 Å². The average molecular weight is 304 g/mol. The van der Waals surface area contributed by atoms with Gasteiger partial charge in [0.2, 0.25) is 0 Å². The SMILES string of the molecule is C=CCCCCCC[C@@H](NC(=O)c1cccnc1)C(=O)OC. The number of nitrogens with one attached hydrogen (secondary N) is 1. The van der Waals surface area contributed by atoms with Crippen molar-refractivity contribution < 1.29 is 14.3 Å². The van der Waals surface area contributed by atoms with E-state index in [1.165, 1.54) is 13.3 Å². The molecule has 0 fully saturated rings. The largest absolute Gasteiger partial charge is 0.467 e. The van der Waals surface area contributed by atoms with E-state index >= 15 is 0 Å². The van der Waals surface area contributed by atoms with E-state index in [9.17, 15) is 9.59 Å². The van der Waals surface area contributed by atoms with Crippen molar-refractivity contribution in [2.24, 2.45) is 0 Å². The van der Waals surface area contributed by atoms with E-state index < -0.39 is 12.0 Å². The number of carbonyl (C=O) groups excluding carboxylic acids is 2. The Labute approximate surface area is 131 Å². The molecular weight excluding hydrogens is 280 g/mol. The zero-order chi connectivity index (χ0) is 16.2. The summed E-state index contributed by atoms with van der Waals surface area (Å²) in [6.07, 6.45) is 10.6. The molecule has 1 atom stereocenters. The summed E-state index contributed by atoms with van der Waals surface area (Å²) in [6, 6.07) is 2.73. The Balaban J connectivity index is 2.45. The topological polar surface area (TPSA) is 68.3 Å². The van der Waals surface area contributed by atoms with E-state index in [0.717, 1.165) is 32.1 Å². The number of rotatable bonds is 10. The van der Waals surface area contributed by atoms with Crippen molar-refractivity contribution in [2.45, 2.75) is 44.6 Å². The molecule has 5 nitrogen and oxygen atoms in total. The predicted molar refractivity (Wildman–Crippen MR) is 85.4 cm³/mol. The van der Waals surface area contributed by atoms with Crippen molar-refractivity contribution in [2.75, 3.05) is 7.11 Å². The number of esters is 1. The molecule has 5 heteroatoms. The number of carbonyl (C=O) groups is 2. The second-order valence-electron chi connectivity index (χ2n) is 5.07. The number of allylic oxidation sites excluding steroid dienone is 1. The summed E-state index contributed by atoms with van der Waals surface area (Å²) in [6.45, 7) is 3.69. The number of aromatic nitrogens is 1. The maximum atomic E-state index is 12.1. The highest BCUT2D eigenvalue weighted by molar-refractivity contribution is 5.96. The van der Waals surface area contributed by atoms with Crippen LogP contribution in [0.1, 0.15) is 48.9 Å². The fourth-order valence-electron chi connectivity index (χ4n) is 2.12. The predicted octanol–water partition coefficient (Wildman–Crippen LogP) is 2.88. The summed E-state index contributed by atoms with van der Waals surface area (Å²) in [5.41, 5.74) is 0.433. The van der Waals surface area contributed by atoms with Gasteiger partial charge in [0.05, 0.1) is 12.7 Å². The lowest BCUT2D eigenvalue weighted by atomic mass is 10.1. The molecule has 1 rings (SSSR count). The fourth-order valence-corrected chi connectivity index (χ4v) is 2.12. The van der Waals surface area contributed by atoms with Gasteiger partial charge in [-0.05, 0) is 31.4 Å². The Morgan fingerprint density at radius 2 is 2.14 bits per heavy atom. The molecule has 1 aromatic heterocycles. The van der Waals surface area contributed by atoms with Gasteiger partial charge in [0.15, 0.2) is 0 Å². The summed E-state index contributed by atoms with van der Waals surface area (Å²) in [5, 5.41) is 2.72. The van der Waals surface area contributed by atoms with E-state index in [-0.39, 0.29) is 5.91 Å². The quantitative estimate of drug-likeness (QED) is 0.410. The molecule has 1 N–H and O–H groups in total. The van der Waals surface area contributed by atoms with E-state index in [1.807, 2.05) is 6.08 Å². The minimum Gasteiger partial charge on any atom is -0.467 e. The minimum atomic E-state index is -0.614. The van der Waals surface area contributed by atoms with Crippen LogP contribution in [0.3, 0.4) is 0 Å². The molecule has 0 bridgehead atoms. The molecule has 22 heavy (non-hydrogen) atoms. The molecule has 0 aliphatic carbocycles. The van der Waals surface area contributed by atoms with Gasteiger partial charge in [0.25, 0.3) is 5.91 Å². The van der Waals surface area contributed by atoms with Crippen LogP contribution < -0.4 is 5.32 Å². The minimum absolute atomic E-state index is 0.310. The molecule has 0 spiro atoms. The maximum absolute atomic E-state index is 12.1. The average Bonchev–Trinajstić information content (AvgIpc) is 2.56. The third-order valence-electron chi connectivity index (χ3n) is 3.37. The third-order valence-corrected chi connectivity index (χ3v) is 3.37. The van der Waals surface area contributed by atoms with Crippen LogP contribution in [0.25, 0.3) is 0 Å². The van der Waals surface area contributed by atoms with Crippen molar-refractivity contribution in [3.05, 3.63) is 42.7 Å². The number of amides is 1. The molecular formula is C17H24N2O3. The second kappa shape index (κ2) is 10.5. The smallest absolute Gasteiger partial charge is 0.328 e. The number of nitrogens with zero attached hydrogens (tertiary/aromatic N) is 1. The lowest BCUT2D eigenvalue weighted by Crippen LogP contribution is -2.41. The van der Waals surface area contributed by atoms with Crippen LogP contribution in [-0.2, 0) is 9.53 Å². The van der Waals surface area contributed by atoms with Crippen LogP contribution in [-0.4, -0.2) is 30.0 Å². The van der Waals surface area contributed by atoms with Crippen molar-refractivity contribution in [1.82, 2.24) is 10.3 Å². The molecule has 120 valence electrons. The third kappa shape index (κ3) is 6.52. The van der Waals surface area contributed by atoms with Crippen LogP contribution in [0, 0.1) is 0 Å². The second-order valence-corrected chi connectivity index (χ2v) is 5.07. The lowest BCUT2D eigenvalue weighted by molar-refractivity contribution is -0.143. The highest BCUT2D eigenvalue weighted by atomic mass is 16.5. The standard InChI is InChI=1S/C17H24N2O3/c1-3-4-5-6-7-8-11-15(17(21)22-2)19-16(20)14-10-9-12-18-13-14/h3,9-10,12-13,15H,1,4-8,11H2,2H3,(H,19,20)/t15-/m1/s1. The van der Waals surface area contributed by atoms with Gasteiger partial charge in [-0.25, -0.2) is 4.79 Å². The zero-order valence-electron chi connectivity index (χ0n) is 13.1. The summed E-state index contributed by atoms with van der Waals surface area (Å²) < 4.78 is 4.76. The molecule has 0 saturated carbocycles. The van der Waals surface area contributed by atoms with E-state index in [4.69, 9.17) is 4.74 Å². The van der Waals surface area contributed by atoms with Crippen molar-refractivity contribution in [3.63, 3.8) is 0 Å². The van der Waals surface area contributed by atoms with Crippen molar-refractivity contribution >= 4 is 11.9 Å². The van der Waals surface area contributed by atoms with Gasteiger partial charge in [-0.15, -0.1) is 6.58 Å². The van der Waals surface area contributed by atoms with Crippen LogP contribution in [0.2, 0.25) is 0 Å². The summed E-state index contributed by atoms with van der Waals surface area (Å²) in [5.74, 6) is -0.724. The normalized spacial score (nSPS) is 11.5. The molecule has 0 unspecified atom stereocenters. The number of hydrogen-bond donors (Lipinski definition) is 1. The molecule has 0 aromatic carbocycles. The van der Waals surface area contributed by atoms with Gasteiger partial charge < -0.3 is 10.1 Å². The van der Waals surface area contributed by atoms with E-state index in [0.29, 0.717) is 12.0 Å². The Morgan fingerprint density at radius 3 is 2.77 bits per heavy atom. The summed E-state index contributed by atoms with van der Waals surface area (Å²) in [4.78, 5) is 27.8. The highest BCUT2D eigenvalue weighted by Crippen LogP contribution is 2.09. The Kier molecular flexibility index (Phi) is 8.57. The van der Waals surface area contributed by atoms with Gasteiger partial charge in [-0.3, -0.25) is 9.78 Å². The number of unbranched alkanes of at least 4 members (excludes halogenated alkanes) is 4. The number of methoxy groups -OCH3 is 1. The summed E-state index contributed by atoms with van der Waals surface area (Å²) in [7, 11) is 1.33. The van der Waals surface area contributed by atoms with Gasteiger partial charge in [0.1, 0.15) is 6.04 Å². The maximum Gasteiger partial charge on any atom is 0.328 e. The fraction of sp³-hybridized carbons (Fsp3) is 0.471. The molecule has 1 amide bonds. The molecule has 1 heterocycles. The Bertz CT molecular complexity index is 474. The van der Waals surface area contributed by atoms with Gasteiger partial charge >= 0.3 is 5.97 Å². The first-order valence-corrected chi connectivity index (χ1v) is 7.58. The number of hydrogen-bond acceptors (Lipinski definition) is 4. The van der Waals surface area contributed by atoms with Crippen molar-refractivity contribution in [3.8, 4) is 0 Å². The van der Waals surface area contributed by atoms with Crippen molar-refractivity contribution in [1.29, 1.82) is 0 Å². The molecule has 0 aliphatic rings. The number of ether oxygens (including phenoxy) is 1. The van der Waals surface area contributed by atoms with Crippen LogP contribution >= 0.6 is 0 Å². The highest BCUT2D eigenvalue weighted by Gasteiger charge is 2.21. The van der Waals surface area contributed by atoms with E-state index in [1.54, 1.807) is 18.3 Å². The Morgan fingerprint density at radius 1 is 1.36 bits per heavy atom. The first kappa shape index (κ1) is 17.9. The Hall–Kier alpha value is -2.17. The van der Waals surface area contributed by atoms with Crippen LogP contribution in [0.4, 0.5) is 0 Å². The lowest BCUT2D eigenvalue weighted by Gasteiger charge is -2.16. The summed E-state index contributed by atoms with van der Waals surface area (Å²) >= 11 is 0. The van der Waals surface area contributed by atoms with Gasteiger partial charge in [-0.1, -0.05) is 25.3 Å². The monoisotopic (exact) mass is 304 g/mol. The number of pyridine rings is 1.